The van der Waals surface area contributed by atoms with Gasteiger partial charge < -0.3 is 9.84 Å². The topological polar surface area (TPSA) is 46.5 Å². The van der Waals surface area contributed by atoms with Crippen molar-refractivity contribution in [2.75, 3.05) is 0 Å². The quantitative estimate of drug-likeness (QED) is 0.528. The van der Waals surface area contributed by atoms with E-state index in [9.17, 15) is 9.90 Å². The Morgan fingerprint density at radius 1 is 1.07 bits per heavy atom. The van der Waals surface area contributed by atoms with Gasteiger partial charge in [-0.1, -0.05) is 87.9 Å². The smallest absolute Gasteiger partial charge is 0.306 e. The van der Waals surface area contributed by atoms with Gasteiger partial charge in [0.25, 0.3) is 0 Å². The third kappa shape index (κ3) is 5.72. The average Bonchev–Trinajstić information content (AvgIpc) is 2.75. The van der Waals surface area contributed by atoms with Gasteiger partial charge in [-0.25, -0.2) is 0 Å². The van der Waals surface area contributed by atoms with Crippen molar-refractivity contribution in [3.8, 4) is 0 Å². The van der Waals surface area contributed by atoms with Crippen LogP contribution < -0.4 is 0 Å². The summed E-state index contributed by atoms with van der Waals surface area (Å²) in [5, 5.41) is 10.3. The van der Waals surface area contributed by atoms with E-state index in [1.54, 1.807) is 0 Å². The number of rotatable bonds is 8. The predicted molar refractivity (Wildman–Crippen MR) is 121 cm³/mol. The Bertz CT molecular complexity index is 784. The van der Waals surface area contributed by atoms with Gasteiger partial charge in [-0.15, -0.1) is 0 Å². The molecule has 1 N–H and O–H groups in total. The minimum absolute atomic E-state index is 0.0458. The molecule has 0 spiro atoms. The summed E-state index contributed by atoms with van der Waals surface area (Å²) >= 11 is 0. The Kier molecular flexibility index (Phi) is 7.71. The highest BCUT2D eigenvalue weighted by atomic mass is 16.5. The van der Waals surface area contributed by atoms with Gasteiger partial charge in [-0.3, -0.25) is 4.79 Å². The molecule has 0 saturated heterocycles. The van der Waals surface area contributed by atoms with Crippen molar-refractivity contribution in [2.45, 2.75) is 76.9 Å². The van der Waals surface area contributed by atoms with E-state index in [2.05, 4.69) is 45.0 Å². The molecule has 0 heterocycles. The number of ether oxygens (including phenoxy) is 1. The van der Waals surface area contributed by atoms with Crippen LogP contribution in [0, 0.1) is 11.8 Å². The van der Waals surface area contributed by atoms with E-state index in [0.717, 1.165) is 18.4 Å². The highest BCUT2D eigenvalue weighted by Gasteiger charge is 2.41. The molecule has 3 nitrogen and oxygen atoms in total. The van der Waals surface area contributed by atoms with Gasteiger partial charge in [0, 0.05) is 12.3 Å². The average molecular weight is 409 g/mol. The van der Waals surface area contributed by atoms with Crippen LogP contribution in [0.5, 0.6) is 0 Å². The van der Waals surface area contributed by atoms with E-state index in [1.165, 1.54) is 12.0 Å². The molecule has 0 aliphatic heterocycles. The Hall–Kier alpha value is -2.13. The van der Waals surface area contributed by atoms with Crippen molar-refractivity contribution in [3.63, 3.8) is 0 Å². The largest absolute Gasteiger partial charge is 0.462 e. The maximum Gasteiger partial charge on any atom is 0.306 e. The first-order valence-corrected chi connectivity index (χ1v) is 11.4. The van der Waals surface area contributed by atoms with Crippen molar-refractivity contribution in [1.29, 1.82) is 0 Å². The lowest BCUT2D eigenvalue weighted by atomic mass is 9.64. The molecule has 0 amide bonds. The summed E-state index contributed by atoms with van der Waals surface area (Å²) in [5.41, 5.74) is 2.16. The van der Waals surface area contributed by atoms with Gasteiger partial charge >= 0.3 is 5.97 Å². The van der Waals surface area contributed by atoms with E-state index < -0.39 is 6.10 Å². The van der Waals surface area contributed by atoms with Gasteiger partial charge in [0.2, 0.25) is 0 Å². The summed E-state index contributed by atoms with van der Waals surface area (Å²) in [6.07, 6.45) is 4.16. The molecule has 1 aliphatic carbocycles. The molecule has 3 heteroatoms. The Morgan fingerprint density at radius 3 is 2.37 bits per heavy atom. The van der Waals surface area contributed by atoms with Crippen LogP contribution in [0.1, 0.15) is 76.5 Å². The van der Waals surface area contributed by atoms with Crippen LogP contribution in [-0.4, -0.2) is 17.2 Å². The first-order valence-electron chi connectivity index (χ1n) is 11.4. The molecular formula is C27H36O3. The standard InChI is InChI=1S/C27H36O3/c1-20-17-18-23(27(2,3)22-13-8-5-9-14-22)25(19-20)30-26(29)16-10-15-24(28)21-11-6-4-7-12-21/h4-9,11-14,20,23-25,28H,10,15-19H2,1-3H3/t20-,23-,24+,25-/m1/s1. The van der Waals surface area contributed by atoms with Gasteiger partial charge in [0.15, 0.2) is 0 Å². The molecule has 0 bridgehead atoms. The number of carbonyl (C=O) groups excluding carboxylic acids is 1. The van der Waals surface area contributed by atoms with Crippen LogP contribution in [0.3, 0.4) is 0 Å². The van der Waals surface area contributed by atoms with Crippen LogP contribution in [0.25, 0.3) is 0 Å². The number of carbonyl (C=O) groups is 1. The number of hydrogen-bond acceptors (Lipinski definition) is 3. The number of esters is 1. The van der Waals surface area contributed by atoms with Crippen molar-refractivity contribution in [2.24, 2.45) is 11.8 Å². The van der Waals surface area contributed by atoms with Crippen LogP contribution in [-0.2, 0) is 14.9 Å². The van der Waals surface area contributed by atoms with Crippen molar-refractivity contribution < 1.29 is 14.6 Å². The summed E-state index contributed by atoms with van der Waals surface area (Å²) in [7, 11) is 0. The van der Waals surface area contributed by atoms with Crippen LogP contribution in [0.15, 0.2) is 60.7 Å². The molecule has 4 atom stereocenters. The normalized spacial score (nSPS) is 23.0. The zero-order chi connectivity index (χ0) is 21.6. The molecule has 2 aromatic carbocycles. The SMILES string of the molecule is C[C@@H]1CC[C@@H](C(C)(C)c2ccccc2)[C@H](OC(=O)CCC[C@H](O)c2ccccc2)C1. The fraction of sp³-hybridized carbons (Fsp3) is 0.519. The van der Waals surface area contributed by atoms with Crippen LogP contribution >= 0.6 is 0 Å². The lowest BCUT2D eigenvalue weighted by Gasteiger charge is -2.44. The first kappa shape index (κ1) is 22.6. The lowest BCUT2D eigenvalue weighted by molar-refractivity contribution is -0.156. The Balaban J connectivity index is 1.57. The van der Waals surface area contributed by atoms with Crippen molar-refractivity contribution in [1.82, 2.24) is 0 Å². The molecule has 30 heavy (non-hydrogen) atoms. The number of aliphatic hydroxyl groups excluding tert-OH is 1. The molecule has 0 aromatic heterocycles. The third-order valence-electron chi connectivity index (χ3n) is 6.82. The number of hydrogen-bond donors (Lipinski definition) is 1. The zero-order valence-corrected chi connectivity index (χ0v) is 18.6. The molecule has 3 rings (SSSR count). The van der Waals surface area contributed by atoms with Gasteiger partial charge in [-0.05, 0) is 48.1 Å². The van der Waals surface area contributed by atoms with Gasteiger partial charge in [0.1, 0.15) is 6.10 Å². The Labute approximate surface area is 181 Å². The first-order chi connectivity index (χ1) is 14.4. The van der Waals surface area contributed by atoms with E-state index >= 15 is 0 Å². The summed E-state index contributed by atoms with van der Waals surface area (Å²) in [4.78, 5) is 12.6. The molecule has 1 aliphatic rings. The molecule has 1 saturated carbocycles. The van der Waals surface area contributed by atoms with Gasteiger partial charge in [-0.2, -0.15) is 0 Å². The van der Waals surface area contributed by atoms with E-state index in [4.69, 9.17) is 4.74 Å². The van der Waals surface area contributed by atoms with Crippen molar-refractivity contribution >= 4 is 5.97 Å². The van der Waals surface area contributed by atoms with E-state index in [1.807, 2.05) is 36.4 Å². The molecule has 1 fully saturated rings. The highest BCUT2D eigenvalue weighted by molar-refractivity contribution is 5.69. The van der Waals surface area contributed by atoms with E-state index in [0.29, 0.717) is 31.1 Å². The second-order valence-electron chi connectivity index (χ2n) is 9.46. The maximum atomic E-state index is 12.6. The predicted octanol–water partition coefficient (Wildman–Crippen LogP) is 6.22. The molecule has 162 valence electrons. The zero-order valence-electron chi connectivity index (χ0n) is 18.6. The molecule has 0 unspecified atom stereocenters. The molecule has 0 radical (unpaired) electrons. The second kappa shape index (κ2) is 10.3. The minimum atomic E-state index is -0.529. The fourth-order valence-corrected chi connectivity index (χ4v) is 4.88. The molecule has 2 aromatic rings. The van der Waals surface area contributed by atoms with Gasteiger partial charge in [0.05, 0.1) is 6.10 Å². The lowest BCUT2D eigenvalue weighted by Crippen LogP contribution is -2.43. The highest BCUT2D eigenvalue weighted by Crippen LogP contribution is 2.43. The minimum Gasteiger partial charge on any atom is -0.462 e. The Morgan fingerprint density at radius 2 is 1.70 bits per heavy atom. The second-order valence-corrected chi connectivity index (χ2v) is 9.46. The summed E-state index contributed by atoms with van der Waals surface area (Å²) in [6.45, 7) is 6.81. The molecular weight excluding hydrogens is 372 g/mol. The number of aliphatic hydroxyl groups is 1. The monoisotopic (exact) mass is 408 g/mol. The number of benzene rings is 2. The van der Waals surface area contributed by atoms with Crippen LogP contribution in [0.4, 0.5) is 0 Å². The van der Waals surface area contributed by atoms with Crippen LogP contribution in [0.2, 0.25) is 0 Å². The van der Waals surface area contributed by atoms with Crippen molar-refractivity contribution in [3.05, 3.63) is 71.8 Å². The summed E-state index contributed by atoms with van der Waals surface area (Å²) in [5.74, 6) is 0.753. The summed E-state index contributed by atoms with van der Waals surface area (Å²) in [6, 6.07) is 20.2. The maximum absolute atomic E-state index is 12.6. The third-order valence-corrected chi connectivity index (χ3v) is 6.82. The summed E-state index contributed by atoms with van der Waals surface area (Å²) < 4.78 is 6.05. The fourth-order valence-electron chi connectivity index (χ4n) is 4.88. The van der Waals surface area contributed by atoms with E-state index in [-0.39, 0.29) is 17.5 Å².